The second-order valence-electron chi connectivity index (χ2n) is 6.96. The molecule has 2 N–H and O–H groups in total. The van der Waals surface area contributed by atoms with Crippen molar-refractivity contribution in [3.05, 3.63) is 51.6 Å². The number of benzene rings is 1. The summed E-state index contributed by atoms with van der Waals surface area (Å²) in [7, 11) is 0. The second-order valence-corrected chi connectivity index (χ2v) is 7.80. The van der Waals surface area contributed by atoms with Crippen molar-refractivity contribution >= 4 is 34.9 Å². The van der Waals surface area contributed by atoms with Crippen molar-refractivity contribution in [1.29, 1.82) is 0 Å². The fourth-order valence-electron chi connectivity index (χ4n) is 3.98. The Hall–Kier alpha value is -1.98. The molecule has 2 aromatic rings. The van der Waals surface area contributed by atoms with Crippen LogP contribution in [0.25, 0.3) is 0 Å². The van der Waals surface area contributed by atoms with Crippen LogP contribution in [0.3, 0.4) is 0 Å². The third-order valence-corrected chi connectivity index (χ3v) is 5.87. The number of nitrogens with zero attached hydrogens (tertiary/aromatic N) is 1. The molecule has 5 nitrogen and oxygen atoms in total. The standard InChI is InChI=1S/C19H18Cl2N2O3/c20-12-8-15(21)17(22-9-12)26-13-3-5-19(6-4-13)10-23-16-2-1-11(18(24)25)7-14(16)19/h1-2,7-9,13,23H,3-6,10H2,(H,24,25). The predicted octanol–water partition coefficient (Wildman–Crippen LogP) is 4.77. The molecule has 1 aliphatic carbocycles. The van der Waals surface area contributed by atoms with E-state index in [0.29, 0.717) is 21.5 Å². The fraction of sp³-hybridized carbons (Fsp3) is 0.368. The SMILES string of the molecule is O=C(O)c1ccc2c(c1)C1(CCC(Oc3ncc(Cl)cc3Cl)CC1)CN2. The van der Waals surface area contributed by atoms with Gasteiger partial charge < -0.3 is 15.2 Å². The van der Waals surface area contributed by atoms with Gasteiger partial charge in [0.1, 0.15) is 11.1 Å². The van der Waals surface area contributed by atoms with E-state index in [1.165, 1.54) is 6.20 Å². The lowest BCUT2D eigenvalue weighted by Crippen LogP contribution is -2.37. The first-order valence-corrected chi connectivity index (χ1v) is 9.32. The van der Waals surface area contributed by atoms with Gasteiger partial charge in [0.25, 0.3) is 0 Å². The van der Waals surface area contributed by atoms with E-state index in [4.69, 9.17) is 27.9 Å². The van der Waals surface area contributed by atoms with Gasteiger partial charge in [0.2, 0.25) is 5.88 Å². The molecule has 2 heterocycles. The first kappa shape index (κ1) is 17.4. The number of pyridine rings is 1. The van der Waals surface area contributed by atoms with Gasteiger partial charge in [-0.25, -0.2) is 9.78 Å². The Bertz CT molecular complexity index is 864. The van der Waals surface area contributed by atoms with Gasteiger partial charge in [0, 0.05) is 23.8 Å². The number of fused-ring (bicyclic) bond motifs is 2. The fourth-order valence-corrected chi connectivity index (χ4v) is 4.41. The molecule has 26 heavy (non-hydrogen) atoms. The molecule has 1 saturated carbocycles. The molecule has 1 aromatic carbocycles. The van der Waals surface area contributed by atoms with Crippen molar-refractivity contribution in [3.63, 3.8) is 0 Å². The van der Waals surface area contributed by atoms with E-state index in [9.17, 15) is 9.90 Å². The number of rotatable bonds is 3. The van der Waals surface area contributed by atoms with Crippen LogP contribution in [0.15, 0.2) is 30.5 Å². The number of halogens is 2. The summed E-state index contributed by atoms with van der Waals surface area (Å²) in [5, 5.41) is 13.6. The van der Waals surface area contributed by atoms with Crippen molar-refractivity contribution in [3.8, 4) is 5.88 Å². The van der Waals surface area contributed by atoms with Gasteiger partial charge in [-0.1, -0.05) is 23.2 Å². The minimum absolute atomic E-state index is 0.0299. The highest BCUT2D eigenvalue weighted by Crippen LogP contribution is 2.47. The minimum atomic E-state index is -0.893. The smallest absolute Gasteiger partial charge is 0.335 e. The maximum atomic E-state index is 11.3. The molecule has 4 rings (SSSR count). The maximum Gasteiger partial charge on any atom is 0.335 e. The van der Waals surface area contributed by atoms with Crippen LogP contribution >= 0.6 is 23.2 Å². The van der Waals surface area contributed by atoms with Gasteiger partial charge in [-0.3, -0.25) is 0 Å². The highest BCUT2D eigenvalue weighted by molar-refractivity contribution is 6.35. The van der Waals surface area contributed by atoms with Gasteiger partial charge in [-0.2, -0.15) is 0 Å². The van der Waals surface area contributed by atoms with E-state index in [1.807, 2.05) is 12.1 Å². The Labute approximate surface area is 161 Å². The summed E-state index contributed by atoms with van der Waals surface area (Å²) in [6, 6.07) is 6.96. The lowest BCUT2D eigenvalue weighted by Gasteiger charge is -2.37. The molecule has 1 aromatic heterocycles. The molecule has 2 aliphatic rings. The van der Waals surface area contributed by atoms with Crippen LogP contribution in [0.5, 0.6) is 5.88 Å². The number of aromatic nitrogens is 1. The summed E-state index contributed by atoms with van der Waals surface area (Å²) in [5.74, 6) is -0.481. The normalized spacial score (nSPS) is 24.2. The van der Waals surface area contributed by atoms with Crippen molar-refractivity contribution in [2.75, 3.05) is 11.9 Å². The topological polar surface area (TPSA) is 71.5 Å². The lowest BCUT2D eigenvalue weighted by atomic mass is 9.69. The van der Waals surface area contributed by atoms with E-state index in [1.54, 1.807) is 12.1 Å². The summed E-state index contributed by atoms with van der Waals surface area (Å²) in [4.78, 5) is 15.5. The molecule has 1 fully saturated rings. The molecule has 1 spiro atoms. The summed E-state index contributed by atoms with van der Waals surface area (Å²) in [6.45, 7) is 0.831. The Morgan fingerprint density at radius 1 is 1.27 bits per heavy atom. The molecule has 7 heteroatoms. The van der Waals surface area contributed by atoms with Gasteiger partial charge in [-0.05, 0) is 55.5 Å². The predicted molar refractivity (Wildman–Crippen MR) is 101 cm³/mol. The van der Waals surface area contributed by atoms with Crippen LogP contribution in [0.2, 0.25) is 10.0 Å². The largest absolute Gasteiger partial charge is 0.478 e. The van der Waals surface area contributed by atoms with Crippen molar-refractivity contribution in [1.82, 2.24) is 4.98 Å². The third kappa shape index (κ3) is 3.10. The zero-order valence-electron chi connectivity index (χ0n) is 14.0. The van der Waals surface area contributed by atoms with Crippen LogP contribution in [0.1, 0.15) is 41.6 Å². The second kappa shape index (κ2) is 6.63. The molecule has 0 bridgehead atoms. The first-order chi connectivity index (χ1) is 12.5. The number of hydrogen-bond acceptors (Lipinski definition) is 4. The number of carboxylic acids is 1. The zero-order valence-corrected chi connectivity index (χ0v) is 15.5. The van der Waals surface area contributed by atoms with Crippen LogP contribution in [0.4, 0.5) is 5.69 Å². The van der Waals surface area contributed by atoms with Crippen LogP contribution in [-0.4, -0.2) is 28.7 Å². The highest BCUT2D eigenvalue weighted by atomic mass is 35.5. The molecule has 0 amide bonds. The van der Waals surface area contributed by atoms with Crippen LogP contribution in [0, 0.1) is 0 Å². The molecule has 0 atom stereocenters. The number of carbonyl (C=O) groups is 1. The molecule has 1 aliphatic heterocycles. The summed E-state index contributed by atoms with van der Waals surface area (Å²) in [6.07, 6.45) is 5.13. The van der Waals surface area contributed by atoms with Gasteiger partial charge in [-0.15, -0.1) is 0 Å². The third-order valence-electron chi connectivity index (χ3n) is 5.40. The number of ether oxygens (including phenoxy) is 1. The number of carboxylic acid groups (broad SMARTS) is 1. The lowest BCUT2D eigenvalue weighted by molar-refractivity contribution is 0.0696. The zero-order chi connectivity index (χ0) is 18.3. The van der Waals surface area contributed by atoms with Gasteiger partial charge in [0.05, 0.1) is 10.6 Å². The Morgan fingerprint density at radius 2 is 2.04 bits per heavy atom. The Kier molecular flexibility index (Phi) is 4.45. The summed E-state index contributed by atoms with van der Waals surface area (Å²) < 4.78 is 5.98. The van der Waals surface area contributed by atoms with Crippen molar-refractivity contribution in [2.45, 2.75) is 37.2 Å². The maximum absolute atomic E-state index is 11.3. The number of nitrogens with one attached hydrogen (secondary N) is 1. The van der Waals surface area contributed by atoms with Crippen molar-refractivity contribution in [2.24, 2.45) is 0 Å². The van der Waals surface area contributed by atoms with Crippen LogP contribution in [-0.2, 0) is 5.41 Å². The van der Waals surface area contributed by atoms with Crippen LogP contribution < -0.4 is 10.1 Å². The quantitative estimate of drug-likeness (QED) is 0.786. The van der Waals surface area contributed by atoms with Crippen molar-refractivity contribution < 1.29 is 14.6 Å². The minimum Gasteiger partial charge on any atom is -0.478 e. The van der Waals surface area contributed by atoms with Gasteiger partial charge >= 0.3 is 5.97 Å². The van der Waals surface area contributed by atoms with Gasteiger partial charge in [0.15, 0.2) is 0 Å². The van der Waals surface area contributed by atoms with E-state index in [0.717, 1.165) is 43.5 Å². The summed E-state index contributed by atoms with van der Waals surface area (Å²) in [5.41, 5.74) is 2.45. The molecule has 0 radical (unpaired) electrons. The number of anilines is 1. The average molecular weight is 393 g/mol. The number of aromatic carboxylic acids is 1. The highest BCUT2D eigenvalue weighted by Gasteiger charge is 2.42. The first-order valence-electron chi connectivity index (χ1n) is 8.56. The number of hydrogen-bond donors (Lipinski definition) is 2. The molecular formula is C19H18Cl2N2O3. The van der Waals surface area contributed by atoms with E-state index >= 15 is 0 Å². The van der Waals surface area contributed by atoms with E-state index in [2.05, 4.69) is 10.3 Å². The average Bonchev–Trinajstić information content (AvgIpc) is 2.97. The molecule has 0 saturated heterocycles. The summed E-state index contributed by atoms with van der Waals surface area (Å²) >= 11 is 12.0. The Morgan fingerprint density at radius 3 is 2.73 bits per heavy atom. The monoisotopic (exact) mass is 392 g/mol. The Balaban J connectivity index is 1.49. The van der Waals surface area contributed by atoms with E-state index in [-0.39, 0.29) is 11.5 Å². The molecule has 0 unspecified atom stereocenters. The van der Waals surface area contributed by atoms with E-state index < -0.39 is 5.97 Å². The molecule has 136 valence electrons. The molecular weight excluding hydrogens is 375 g/mol.